The van der Waals surface area contributed by atoms with Crippen molar-refractivity contribution in [2.45, 2.75) is 38.0 Å². The van der Waals surface area contributed by atoms with Crippen LogP contribution in [-0.2, 0) is 22.9 Å². The molecule has 1 aromatic rings. The maximum Gasteiger partial charge on any atom is 0.241 e. The van der Waals surface area contributed by atoms with Crippen molar-refractivity contribution in [2.75, 3.05) is 12.8 Å². The monoisotopic (exact) mass is 272 g/mol. The molecule has 5 nitrogen and oxygen atoms in total. The van der Waals surface area contributed by atoms with Crippen molar-refractivity contribution in [3.63, 3.8) is 0 Å². The molecule has 0 bridgehead atoms. The number of rotatable bonds is 5. The fourth-order valence-electron chi connectivity index (χ4n) is 1.99. The Morgan fingerprint density at radius 3 is 2.33 bits per heavy atom. The molecule has 0 aliphatic rings. The predicted octanol–water partition coefficient (Wildman–Crippen LogP) is 1.44. The number of benzene rings is 1. The highest BCUT2D eigenvalue weighted by Gasteiger charge is 2.22. The van der Waals surface area contributed by atoms with Gasteiger partial charge in [0, 0.05) is 11.3 Å². The summed E-state index contributed by atoms with van der Waals surface area (Å²) >= 11 is 0. The lowest BCUT2D eigenvalue weighted by Crippen LogP contribution is -2.16. The summed E-state index contributed by atoms with van der Waals surface area (Å²) in [6.45, 7) is 3.91. The second-order valence-electron chi connectivity index (χ2n) is 4.11. The van der Waals surface area contributed by atoms with E-state index in [1.54, 1.807) is 0 Å². The van der Waals surface area contributed by atoms with Gasteiger partial charge < -0.3 is 10.5 Å². The smallest absolute Gasteiger partial charge is 0.241 e. The van der Waals surface area contributed by atoms with E-state index in [9.17, 15) is 8.42 Å². The molecule has 0 atom stereocenters. The molecule has 0 spiro atoms. The van der Waals surface area contributed by atoms with Crippen molar-refractivity contribution < 1.29 is 13.2 Å². The molecule has 0 radical (unpaired) electrons. The number of hydrogen-bond donors (Lipinski definition) is 2. The third-order valence-corrected chi connectivity index (χ3v) is 3.78. The highest BCUT2D eigenvalue weighted by atomic mass is 32.2. The van der Waals surface area contributed by atoms with Crippen LogP contribution in [0.4, 0.5) is 5.69 Å². The van der Waals surface area contributed by atoms with Crippen LogP contribution < -0.4 is 15.6 Å². The normalized spacial score (nSPS) is 11.6. The fourth-order valence-corrected chi connectivity index (χ4v) is 2.76. The largest absolute Gasteiger partial charge is 0.495 e. The second-order valence-corrected chi connectivity index (χ2v) is 5.64. The lowest BCUT2D eigenvalue weighted by molar-refractivity contribution is 0.397. The van der Waals surface area contributed by atoms with Gasteiger partial charge in [-0.3, -0.25) is 0 Å². The van der Waals surface area contributed by atoms with Gasteiger partial charge in [0.05, 0.1) is 7.11 Å². The van der Waals surface area contributed by atoms with Gasteiger partial charge in [-0.1, -0.05) is 20.3 Å². The number of primary sulfonamides is 1. The van der Waals surface area contributed by atoms with Crippen molar-refractivity contribution in [2.24, 2.45) is 5.14 Å². The van der Waals surface area contributed by atoms with Gasteiger partial charge in [-0.25, -0.2) is 13.6 Å². The average Bonchev–Trinajstić information content (AvgIpc) is 2.30. The number of ether oxygens (including phenoxy) is 1. The Bertz CT molecular complexity index is 539. The number of hydrogen-bond acceptors (Lipinski definition) is 4. The zero-order valence-electron chi connectivity index (χ0n) is 11.0. The van der Waals surface area contributed by atoms with Crippen LogP contribution in [0.25, 0.3) is 0 Å². The highest BCUT2D eigenvalue weighted by Crippen LogP contribution is 2.35. The van der Waals surface area contributed by atoms with Crippen LogP contribution in [0, 0.1) is 0 Å². The van der Waals surface area contributed by atoms with Gasteiger partial charge in [0.25, 0.3) is 0 Å². The van der Waals surface area contributed by atoms with Crippen molar-refractivity contribution in [3.05, 3.63) is 17.2 Å². The SMILES string of the molecule is CCCc1c(N)c(CC)cc(S(N)(=O)=O)c1OC. The van der Waals surface area contributed by atoms with E-state index in [1.165, 1.54) is 13.2 Å². The summed E-state index contributed by atoms with van der Waals surface area (Å²) in [4.78, 5) is 0.0134. The Balaban J connectivity index is 3.67. The molecular weight excluding hydrogens is 252 g/mol. The molecule has 0 fully saturated rings. The summed E-state index contributed by atoms with van der Waals surface area (Å²) in [5.74, 6) is 0.272. The summed E-state index contributed by atoms with van der Waals surface area (Å²) in [7, 11) is -2.39. The zero-order chi connectivity index (χ0) is 13.9. The summed E-state index contributed by atoms with van der Waals surface area (Å²) < 4.78 is 28.4. The van der Waals surface area contributed by atoms with Crippen molar-refractivity contribution >= 4 is 15.7 Å². The first-order chi connectivity index (χ1) is 8.36. The number of anilines is 1. The van der Waals surface area contributed by atoms with Crippen LogP contribution in [0.1, 0.15) is 31.4 Å². The van der Waals surface area contributed by atoms with Gasteiger partial charge in [-0.2, -0.15) is 0 Å². The van der Waals surface area contributed by atoms with Crippen LogP contribution in [0.5, 0.6) is 5.75 Å². The lowest BCUT2D eigenvalue weighted by atomic mass is 10.0. The first-order valence-corrected chi connectivity index (χ1v) is 7.42. The van der Waals surface area contributed by atoms with E-state index >= 15 is 0 Å². The van der Waals surface area contributed by atoms with Gasteiger partial charge in [-0.05, 0) is 24.5 Å². The maximum atomic E-state index is 11.6. The molecule has 0 saturated heterocycles. The summed E-state index contributed by atoms with van der Waals surface area (Å²) in [6, 6.07) is 1.50. The molecular formula is C12H20N2O3S. The molecule has 0 amide bonds. The van der Waals surface area contributed by atoms with E-state index in [2.05, 4.69) is 0 Å². The Morgan fingerprint density at radius 1 is 1.33 bits per heavy atom. The average molecular weight is 272 g/mol. The van der Waals surface area contributed by atoms with Gasteiger partial charge in [0.15, 0.2) is 0 Å². The minimum Gasteiger partial charge on any atom is -0.495 e. The Hall–Kier alpha value is -1.27. The van der Waals surface area contributed by atoms with E-state index < -0.39 is 10.0 Å². The van der Waals surface area contributed by atoms with Crippen molar-refractivity contribution in [3.8, 4) is 5.75 Å². The number of aryl methyl sites for hydroxylation is 1. The molecule has 102 valence electrons. The fraction of sp³-hybridized carbons (Fsp3) is 0.500. The van der Waals surface area contributed by atoms with E-state index in [-0.39, 0.29) is 10.6 Å². The van der Waals surface area contributed by atoms with Crippen molar-refractivity contribution in [1.29, 1.82) is 0 Å². The highest BCUT2D eigenvalue weighted by molar-refractivity contribution is 7.89. The van der Waals surface area contributed by atoms with Gasteiger partial charge >= 0.3 is 0 Å². The summed E-state index contributed by atoms with van der Waals surface area (Å²) in [5.41, 5.74) is 8.16. The number of methoxy groups -OCH3 is 1. The first kappa shape index (κ1) is 14.8. The summed E-state index contributed by atoms with van der Waals surface area (Å²) in [6.07, 6.45) is 2.15. The third-order valence-electron chi connectivity index (χ3n) is 2.87. The van der Waals surface area contributed by atoms with E-state index in [4.69, 9.17) is 15.6 Å². The molecule has 4 N–H and O–H groups in total. The van der Waals surface area contributed by atoms with Crippen molar-refractivity contribution in [1.82, 2.24) is 0 Å². The second kappa shape index (κ2) is 5.58. The number of nitrogens with two attached hydrogens (primary N) is 2. The quantitative estimate of drug-likeness (QED) is 0.793. The minimum absolute atomic E-state index is 0.0134. The van der Waals surface area contributed by atoms with Gasteiger partial charge in [-0.15, -0.1) is 0 Å². The van der Waals surface area contributed by atoms with E-state index in [0.29, 0.717) is 18.5 Å². The van der Waals surface area contributed by atoms with Crippen LogP contribution in [0.3, 0.4) is 0 Å². The standard InChI is InChI=1S/C12H20N2O3S/c1-4-6-9-11(13)8(5-2)7-10(12(9)17-3)18(14,15)16/h7H,4-6,13H2,1-3H3,(H2,14,15,16). The molecule has 1 aromatic carbocycles. The minimum atomic E-state index is -3.82. The molecule has 1 rings (SSSR count). The number of sulfonamides is 1. The predicted molar refractivity (Wildman–Crippen MR) is 72.2 cm³/mol. The van der Waals surface area contributed by atoms with Crippen LogP contribution in [0.2, 0.25) is 0 Å². The van der Waals surface area contributed by atoms with Crippen LogP contribution in [-0.4, -0.2) is 15.5 Å². The Morgan fingerprint density at radius 2 is 1.94 bits per heavy atom. The Labute approximate surface area is 108 Å². The molecule has 0 aliphatic heterocycles. The molecule has 0 aliphatic carbocycles. The summed E-state index contributed by atoms with van der Waals surface area (Å²) in [5, 5.41) is 5.22. The molecule has 6 heteroatoms. The zero-order valence-corrected chi connectivity index (χ0v) is 11.8. The third kappa shape index (κ3) is 2.76. The van der Waals surface area contributed by atoms with E-state index in [0.717, 1.165) is 17.5 Å². The Kier molecular flexibility index (Phi) is 4.59. The maximum absolute atomic E-state index is 11.6. The molecule has 0 heterocycles. The first-order valence-electron chi connectivity index (χ1n) is 5.87. The molecule has 18 heavy (non-hydrogen) atoms. The van der Waals surface area contributed by atoms with E-state index in [1.807, 2.05) is 13.8 Å². The van der Waals surface area contributed by atoms with Gasteiger partial charge in [0.1, 0.15) is 10.6 Å². The van der Waals surface area contributed by atoms with Gasteiger partial charge in [0.2, 0.25) is 10.0 Å². The molecule has 0 unspecified atom stereocenters. The topological polar surface area (TPSA) is 95.4 Å². The lowest BCUT2D eigenvalue weighted by Gasteiger charge is -2.17. The van der Waals surface area contributed by atoms with Crippen LogP contribution >= 0.6 is 0 Å². The van der Waals surface area contributed by atoms with Crippen LogP contribution in [0.15, 0.2) is 11.0 Å². The number of nitrogen functional groups attached to an aromatic ring is 1. The molecule has 0 aromatic heterocycles. The molecule has 0 saturated carbocycles.